The van der Waals surface area contributed by atoms with Crippen LogP contribution in [0, 0.1) is 0 Å². The summed E-state index contributed by atoms with van der Waals surface area (Å²) in [5.74, 6) is 0.498. The van der Waals surface area contributed by atoms with E-state index < -0.39 is 0 Å². The lowest BCUT2D eigenvalue weighted by Crippen LogP contribution is -2.49. The van der Waals surface area contributed by atoms with Gasteiger partial charge in [0, 0.05) is 37.8 Å². The second kappa shape index (κ2) is 11.1. The van der Waals surface area contributed by atoms with E-state index in [0.29, 0.717) is 24.2 Å². The number of nitrogens with zero attached hydrogens (tertiary/aromatic N) is 2. The van der Waals surface area contributed by atoms with Crippen molar-refractivity contribution in [2.45, 2.75) is 31.9 Å². The number of halogens is 1. The fraction of sp³-hybridized carbons (Fsp3) is 0.579. The summed E-state index contributed by atoms with van der Waals surface area (Å²) in [4.78, 5) is 17.8. The van der Waals surface area contributed by atoms with Crippen molar-refractivity contribution >= 4 is 23.5 Å². The predicted molar refractivity (Wildman–Crippen MR) is 109 cm³/mol. The Morgan fingerprint density at radius 3 is 2.78 bits per heavy atom. The van der Waals surface area contributed by atoms with Crippen LogP contribution in [0.25, 0.3) is 0 Å². The van der Waals surface area contributed by atoms with Crippen molar-refractivity contribution in [2.24, 2.45) is 10.7 Å². The van der Waals surface area contributed by atoms with Gasteiger partial charge in [0.2, 0.25) is 5.91 Å². The van der Waals surface area contributed by atoms with Gasteiger partial charge in [0.1, 0.15) is 6.10 Å². The molecule has 1 aromatic rings. The molecular weight excluding hydrogens is 366 g/mol. The zero-order valence-electron chi connectivity index (χ0n) is 16.1. The van der Waals surface area contributed by atoms with Crippen LogP contribution in [0.3, 0.4) is 0 Å². The Balaban J connectivity index is 1.92. The highest BCUT2D eigenvalue weighted by molar-refractivity contribution is 6.30. The van der Waals surface area contributed by atoms with Gasteiger partial charge in [-0.25, -0.2) is 0 Å². The highest BCUT2D eigenvalue weighted by atomic mass is 35.5. The Morgan fingerprint density at radius 2 is 2.19 bits per heavy atom. The highest BCUT2D eigenvalue weighted by Crippen LogP contribution is 2.20. The summed E-state index contributed by atoms with van der Waals surface area (Å²) >= 11 is 6.08. The smallest absolute Gasteiger partial charge is 0.231 e. The van der Waals surface area contributed by atoms with Crippen LogP contribution in [-0.2, 0) is 9.53 Å². The van der Waals surface area contributed by atoms with Crippen molar-refractivity contribution in [1.82, 2.24) is 15.5 Å². The van der Waals surface area contributed by atoms with Crippen LogP contribution in [0.4, 0.5) is 0 Å². The van der Waals surface area contributed by atoms with E-state index in [1.165, 1.54) is 0 Å². The van der Waals surface area contributed by atoms with E-state index in [1.807, 2.05) is 31.2 Å². The van der Waals surface area contributed by atoms with Crippen LogP contribution in [0.15, 0.2) is 29.3 Å². The summed E-state index contributed by atoms with van der Waals surface area (Å²) in [6.07, 6.45) is 1.73. The molecule has 0 bridgehead atoms. The lowest BCUT2D eigenvalue weighted by atomic mass is 10.1. The van der Waals surface area contributed by atoms with Gasteiger partial charge in [0.05, 0.1) is 13.1 Å². The van der Waals surface area contributed by atoms with Gasteiger partial charge in [0.25, 0.3) is 0 Å². The van der Waals surface area contributed by atoms with Crippen LogP contribution < -0.4 is 16.4 Å². The zero-order valence-corrected chi connectivity index (χ0v) is 16.8. The second-order valence-corrected chi connectivity index (χ2v) is 7.10. The number of amides is 1. The molecule has 1 fully saturated rings. The van der Waals surface area contributed by atoms with Crippen LogP contribution in [-0.4, -0.2) is 62.6 Å². The minimum Gasteiger partial charge on any atom is -0.375 e. The standard InChI is InChI=1S/C19H30ClN5O2/c1-3-22-19(24-16-7-9-25(10-8-16)13-18(21)26)23-12-17(27-2)14-5-4-6-15(20)11-14/h4-6,11,16-17H,3,7-10,12-13H2,1-2H3,(H2,21,26)(H2,22,23,24). The van der Waals surface area contributed by atoms with Gasteiger partial charge >= 0.3 is 0 Å². The second-order valence-electron chi connectivity index (χ2n) is 6.66. The average molecular weight is 396 g/mol. The molecule has 1 unspecified atom stereocenters. The minimum absolute atomic E-state index is 0.156. The number of benzene rings is 1. The van der Waals surface area contributed by atoms with Crippen molar-refractivity contribution in [3.8, 4) is 0 Å². The number of nitrogens with two attached hydrogens (primary N) is 1. The van der Waals surface area contributed by atoms with E-state index >= 15 is 0 Å². The number of nitrogens with one attached hydrogen (secondary N) is 2. The molecule has 4 N–H and O–H groups in total. The number of guanidine groups is 1. The van der Waals surface area contributed by atoms with Crippen molar-refractivity contribution in [1.29, 1.82) is 0 Å². The van der Waals surface area contributed by atoms with Crippen LogP contribution in [0.5, 0.6) is 0 Å². The van der Waals surface area contributed by atoms with E-state index in [0.717, 1.165) is 44.0 Å². The Bertz CT molecular complexity index is 632. The van der Waals surface area contributed by atoms with Gasteiger partial charge in [0.15, 0.2) is 5.96 Å². The Hall–Kier alpha value is -1.83. The summed E-state index contributed by atoms with van der Waals surface area (Å²) in [5.41, 5.74) is 6.28. The fourth-order valence-electron chi connectivity index (χ4n) is 3.17. The number of likely N-dealkylation sites (tertiary alicyclic amines) is 1. The quantitative estimate of drug-likeness (QED) is 0.458. The molecule has 1 saturated heterocycles. The zero-order chi connectivity index (χ0) is 19.6. The van der Waals surface area contributed by atoms with E-state index in [9.17, 15) is 4.79 Å². The molecule has 7 nitrogen and oxygen atoms in total. The highest BCUT2D eigenvalue weighted by Gasteiger charge is 2.21. The molecule has 0 aromatic heterocycles. The van der Waals surface area contributed by atoms with E-state index in [-0.39, 0.29) is 12.0 Å². The molecule has 1 aliphatic rings. The van der Waals surface area contributed by atoms with Gasteiger partial charge in [-0.05, 0) is 37.5 Å². The number of aliphatic imine (C=N–C) groups is 1. The summed E-state index contributed by atoms with van der Waals surface area (Å²) in [6, 6.07) is 7.97. The Morgan fingerprint density at radius 1 is 1.44 bits per heavy atom. The summed E-state index contributed by atoms with van der Waals surface area (Å²) < 4.78 is 5.59. The maximum atomic E-state index is 11.0. The molecular formula is C19H30ClN5O2. The lowest BCUT2D eigenvalue weighted by molar-refractivity contribution is -0.119. The number of primary amides is 1. The molecule has 27 heavy (non-hydrogen) atoms. The first-order chi connectivity index (χ1) is 13.0. The molecule has 1 atom stereocenters. The van der Waals surface area contributed by atoms with E-state index in [2.05, 4.69) is 15.5 Å². The SMILES string of the molecule is CCNC(=NCC(OC)c1cccc(Cl)c1)NC1CCN(CC(N)=O)CC1. The average Bonchev–Trinajstić information content (AvgIpc) is 2.63. The number of carbonyl (C=O) groups excluding carboxylic acids is 1. The summed E-state index contributed by atoms with van der Waals surface area (Å²) in [6.45, 7) is 5.34. The van der Waals surface area contributed by atoms with Crippen molar-refractivity contribution in [3.63, 3.8) is 0 Å². The number of hydrogen-bond acceptors (Lipinski definition) is 4. The lowest BCUT2D eigenvalue weighted by Gasteiger charge is -2.32. The molecule has 0 radical (unpaired) electrons. The molecule has 1 amide bonds. The first-order valence-electron chi connectivity index (χ1n) is 9.35. The Labute approximate surface area is 166 Å². The van der Waals surface area contributed by atoms with Gasteiger partial charge in [-0.15, -0.1) is 0 Å². The summed E-state index contributed by atoms with van der Waals surface area (Å²) in [7, 11) is 1.68. The number of carbonyl (C=O) groups is 1. The minimum atomic E-state index is -0.275. The molecule has 1 aliphatic heterocycles. The number of hydrogen-bond donors (Lipinski definition) is 3. The van der Waals surface area contributed by atoms with Gasteiger partial charge in [-0.2, -0.15) is 0 Å². The third kappa shape index (κ3) is 7.36. The Kier molecular flexibility index (Phi) is 8.84. The molecule has 2 rings (SSSR count). The number of rotatable bonds is 8. The van der Waals surface area contributed by atoms with Gasteiger partial charge in [-0.3, -0.25) is 14.7 Å². The molecule has 1 aromatic carbocycles. The van der Waals surface area contributed by atoms with E-state index in [4.69, 9.17) is 27.1 Å². The molecule has 1 heterocycles. The molecule has 8 heteroatoms. The summed E-state index contributed by atoms with van der Waals surface area (Å²) in [5, 5.41) is 7.46. The maximum Gasteiger partial charge on any atom is 0.231 e. The third-order valence-corrected chi connectivity index (χ3v) is 4.81. The third-order valence-electron chi connectivity index (χ3n) is 4.57. The number of ether oxygens (including phenoxy) is 1. The molecule has 0 saturated carbocycles. The van der Waals surface area contributed by atoms with Crippen LogP contribution in [0.1, 0.15) is 31.4 Å². The normalized spacial score (nSPS) is 17.5. The van der Waals surface area contributed by atoms with Crippen molar-refractivity contribution < 1.29 is 9.53 Å². The first kappa shape index (κ1) is 21.5. The van der Waals surface area contributed by atoms with Crippen molar-refractivity contribution in [3.05, 3.63) is 34.9 Å². The monoisotopic (exact) mass is 395 g/mol. The van der Waals surface area contributed by atoms with Crippen LogP contribution in [0.2, 0.25) is 5.02 Å². The number of methoxy groups -OCH3 is 1. The fourth-order valence-corrected chi connectivity index (χ4v) is 3.36. The molecule has 0 spiro atoms. The maximum absolute atomic E-state index is 11.0. The largest absolute Gasteiger partial charge is 0.375 e. The van der Waals surface area contributed by atoms with Gasteiger partial charge < -0.3 is 21.1 Å². The molecule has 150 valence electrons. The van der Waals surface area contributed by atoms with Gasteiger partial charge in [-0.1, -0.05) is 23.7 Å². The van der Waals surface area contributed by atoms with E-state index in [1.54, 1.807) is 7.11 Å². The predicted octanol–water partition coefficient (Wildman–Crippen LogP) is 1.53. The first-order valence-corrected chi connectivity index (χ1v) is 9.73. The van der Waals surface area contributed by atoms with Crippen molar-refractivity contribution in [2.75, 3.05) is 39.8 Å². The topological polar surface area (TPSA) is 92.0 Å². The van der Waals surface area contributed by atoms with Crippen LogP contribution >= 0.6 is 11.6 Å². The number of piperidine rings is 1. The molecule has 0 aliphatic carbocycles.